The summed E-state index contributed by atoms with van der Waals surface area (Å²) in [6.07, 6.45) is 0.484. The number of benzene rings is 1. The Balaban J connectivity index is 1.92. The average molecular weight is 298 g/mol. The average Bonchev–Trinajstić information content (AvgIpc) is 2.66. The Hall–Kier alpha value is -0.701. The molecular weight excluding hydrogens is 285 g/mol. The SMILES string of the molecule is NC(=O)CCSCc1cc2ccccc2[se]1. The Kier molecular flexibility index (Phi) is 4.10. The molecule has 2 nitrogen and oxygen atoms in total. The molecular formula is C12H13NOSSe. The fraction of sp³-hybridized carbons (Fsp3) is 0.250. The van der Waals surface area contributed by atoms with Crippen molar-refractivity contribution in [3.8, 4) is 0 Å². The van der Waals surface area contributed by atoms with Crippen LogP contribution in [0.15, 0.2) is 30.3 Å². The topological polar surface area (TPSA) is 43.1 Å². The van der Waals surface area contributed by atoms with E-state index in [1.807, 2.05) is 0 Å². The summed E-state index contributed by atoms with van der Waals surface area (Å²) in [4.78, 5) is 10.6. The van der Waals surface area contributed by atoms with Crippen LogP contribution in [0, 0.1) is 0 Å². The number of carbonyl (C=O) groups is 1. The summed E-state index contributed by atoms with van der Waals surface area (Å²) in [7, 11) is 0. The van der Waals surface area contributed by atoms with E-state index in [1.165, 1.54) is 14.1 Å². The van der Waals surface area contributed by atoms with Crippen molar-refractivity contribution < 1.29 is 4.79 Å². The van der Waals surface area contributed by atoms with E-state index in [0.29, 0.717) is 20.9 Å². The third-order valence-corrected chi connectivity index (χ3v) is 5.98. The van der Waals surface area contributed by atoms with Gasteiger partial charge in [0.25, 0.3) is 0 Å². The molecule has 0 saturated heterocycles. The van der Waals surface area contributed by atoms with Crippen LogP contribution in [-0.4, -0.2) is 26.2 Å². The summed E-state index contributed by atoms with van der Waals surface area (Å²) in [5.74, 6) is 1.66. The number of hydrogen-bond donors (Lipinski definition) is 1. The molecule has 2 rings (SSSR count). The molecule has 0 aliphatic carbocycles. The second-order valence-corrected chi connectivity index (χ2v) is 7.08. The van der Waals surface area contributed by atoms with Gasteiger partial charge in [0.1, 0.15) is 0 Å². The van der Waals surface area contributed by atoms with Gasteiger partial charge in [-0.3, -0.25) is 0 Å². The molecule has 2 aromatic rings. The van der Waals surface area contributed by atoms with Gasteiger partial charge in [-0.2, -0.15) is 0 Å². The molecule has 0 atom stereocenters. The van der Waals surface area contributed by atoms with Gasteiger partial charge in [-0.25, -0.2) is 0 Å². The van der Waals surface area contributed by atoms with E-state index < -0.39 is 0 Å². The molecule has 0 saturated carbocycles. The summed E-state index contributed by atoms with van der Waals surface area (Å²) in [5, 5.41) is 1.37. The molecule has 1 heterocycles. The van der Waals surface area contributed by atoms with Crippen molar-refractivity contribution in [1.82, 2.24) is 0 Å². The molecule has 16 heavy (non-hydrogen) atoms. The number of primary amides is 1. The summed E-state index contributed by atoms with van der Waals surface area (Å²) in [6.45, 7) is 0. The first-order valence-corrected chi connectivity index (χ1v) is 7.96. The first-order chi connectivity index (χ1) is 7.75. The summed E-state index contributed by atoms with van der Waals surface area (Å²) in [5.41, 5.74) is 5.09. The van der Waals surface area contributed by atoms with Crippen molar-refractivity contribution in [2.24, 2.45) is 5.73 Å². The van der Waals surface area contributed by atoms with E-state index in [-0.39, 0.29) is 5.91 Å². The van der Waals surface area contributed by atoms with Gasteiger partial charge in [0.15, 0.2) is 0 Å². The molecule has 0 aliphatic heterocycles. The Morgan fingerprint density at radius 1 is 1.38 bits per heavy atom. The molecule has 0 bridgehead atoms. The van der Waals surface area contributed by atoms with Crippen LogP contribution in [0.2, 0.25) is 0 Å². The van der Waals surface area contributed by atoms with Crippen LogP contribution in [0.3, 0.4) is 0 Å². The summed E-state index contributed by atoms with van der Waals surface area (Å²) >= 11 is 2.28. The number of thioether (sulfide) groups is 1. The third-order valence-electron chi connectivity index (χ3n) is 2.21. The van der Waals surface area contributed by atoms with Crippen LogP contribution in [0.25, 0.3) is 9.65 Å². The van der Waals surface area contributed by atoms with Gasteiger partial charge in [0.2, 0.25) is 0 Å². The van der Waals surface area contributed by atoms with Gasteiger partial charge in [-0.15, -0.1) is 0 Å². The first kappa shape index (κ1) is 11.8. The third kappa shape index (κ3) is 3.14. The van der Waals surface area contributed by atoms with E-state index in [1.54, 1.807) is 11.8 Å². The van der Waals surface area contributed by atoms with Crippen molar-refractivity contribution in [3.63, 3.8) is 0 Å². The second kappa shape index (κ2) is 5.58. The predicted molar refractivity (Wildman–Crippen MR) is 70.9 cm³/mol. The Labute approximate surface area is 105 Å². The van der Waals surface area contributed by atoms with Gasteiger partial charge < -0.3 is 0 Å². The fourth-order valence-electron chi connectivity index (χ4n) is 1.45. The van der Waals surface area contributed by atoms with E-state index in [0.717, 1.165) is 11.5 Å². The van der Waals surface area contributed by atoms with Crippen molar-refractivity contribution in [2.75, 3.05) is 5.75 Å². The Morgan fingerprint density at radius 2 is 2.19 bits per heavy atom. The number of fused-ring (bicyclic) bond motifs is 1. The van der Waals surface area contributed by atoms with Crippen LogP contribution in [0.4, 0.5) is 0 Å². The van der Waals surface area contributed by atoms with Crippen molar-refractivity contribution in [3.05, 3.63) is 34.8 Å². The van der Waals surface area contributed by atoms with Crippen LogP contribution in [0.1, 0.15) is 10.9 Å². The molecule has 1 amide bonds. The van der Waals surface area contributed by atoms with Gasteiger partial charge >= 0.3 is 105 Å². The zero-order valence-electron chi connectivity index (χ0n) is 8.81. The van der Waals surface area contributed by atoms with Gasteiger partial charge in [-0.05, 0) is 0 Å². The van der Waals surface area contributed by atoms with Crippen LogP contribution in [0.5, 0.6) is 0 Å². The second-order valence-electron chi connectivity index (χ2n) is 3.52. The normalized spacial score (nSPS) is 10.8. The maximum absolute atomic E-state index is 10.6. The maximum atomic E-state index is 10.6. The quantitative estimate of drug-likeness (QED) is 0.678. The molecule has 1 aromatic carbocycles. The van der Waals surface area contributed by atoms with E-state index in [9.17, 15) is 4.79 Å². The Bertz CT molecular complexity index is 461. The van der Waals surface area contributed by atoms with Crippen molar-refractivity contribution >= 4 is 41.8 Å². The number of hydrogen-bond acceptors (Lipinski definition) is 2. The standard InChI is InChI=1S/C12H13NOSSe/c13-12(14)5-6-15-8-10-7-9-3-1-2-4-11(9)16-10/h1-4,7H,5-6,8H2,(H2,13,14). The first-order valence-electron chi connectivity index (χ1n) is 5.09. The molecule has 84 valence electrons. The minimum atomic E-state index is -0.207. The molecule has 4 heteroatoms. The zero-order chi connectivity index (χ0) is 11.4. The van der Waals surface area contributed by atoms with Crippen LogP contribution >= 0.6 is 11.8 Å². The molecule has 2 N–H and O–H groups in total. The van der Waals surface area contributed by atoms with E-state index >= 15 is 0 Å². The van der Waals surface area contributed by atoms with Crippen LogP contribution < -0.4 is 5.73 Å². The molecule has 0 unspecified atom stereocenters. The van der Waals surface area contributed by atoms with Crippen LogP contribution in [-0.2, 0) is 10.5 Å². The molecule has 1 aromatic heterocycles. The fourth-order valence-corrected chi connectivity index (χ4v) is 4.99. The summed E-state index contributed by atoms with van der Waals surface area (Å²) < 4.78 is 2.98. The van der Waals surface area contributed by atoms with Gasteiger partial charge in [0.05, 0.1) is 0 Å². The molecule has 0 fully saturated rings. The monoisotopic (exact) mass is 299 g/mol. The molecule has 0 radical (unpaired) electrons. The minimum absolute atomic E-state index is 0.207. The van der Waals surface area contributed by atoms with E-state index in [2.05, 4.69) is 30.3 Å². The van der Waals surface area contributed by atoms with Crippen molar-refractivity contribution in [1.29, 1.82) is 0 Å². The zero-order valence-corrected chi connectivity index (χ0v) is 11.3. The number of amides is 1. The number of rotatable bonds is 5. The van der Waals surface area contributed by atoms with Crippen molar-refractivity contribution in [2.45, 2.75) is 12.2 Å². The van der Waals surface area contributed by atoms with Gasteiger partial charge in [0, 0.05) is 0 Å². The summed E-state index contributed by atoms with van der Waals surface area (Å²) in [6, 6.07) is 10.8. The van der Waals surface area contributed by atoms with Gasteiger partial charge in [-0.1, -0.05) is 0 Å². The molecule has 0 spiro atoms. The molecule has 0 aliphatic rings. The number of nitrogens with two attached hydrogens (primary N) is 1. The Morgan fingerprint density at radius 3 is 2.94 bits per heavy atom. The number of carbonyl (C=O) groups excluding carboxylic acids is 1. The predicted octanol–water partition coefficient (Wildman–Crippen LogP) is 2.01. The van der Waals surface area contributed by atoms with E-state index in [4.69, 9.17) is 5.73 Å².